The molecule has 2 aliphatic rings. The molecule has 134 valence electrons. The first-order valence-corrected chi connectivity index (χ1v) is 9.25. The minimum Gasteiger partial charge on any atom is -0.492 e. The molecule has 6 nitrogen and oxygen atoms in total. The lowest BCUT2D eigenvalue weighted by Gasteiger charge is -2.13. The molecule has 1 N–H and O–H groups in total. The monoisotopic (exact) mass is 343 g/mol. The van der Waals surface area contributed by atoms with Crippen molar-refractivity contribution in [3.63, 3.8) is 0 Å². The van der Waals surface area contributed by atoms with Gasteiger partial charge in [0, 0.05) is 24.0 Å². The number of nitrogens with one attached hydrogen (secondary N) is 1. The molecule has 0 unspecified atom stereocenters. The molecule has 2 heterocycles. The van der Waals surface area contributed by atoms with E-state index in [2.05, 4.69) is 28.4 Å². The molecule has 0 radical (unpaired) electrons. The van der Waals surface area contributed by atoms with Gasteiger partial charge in [-0.3, -0.25) is 0 Å². The Morgan fingerprint density at radius 3 is 2.92 bits per heavy atom. The maximum atomic E-state index is 5.86. The van der Waals surface area contributed by atoms with Gasteiger partial charge in [0.1, 0.15) is 17.6 Å². The first-order chi connectivity index (χ1) is 12.2. The molecule has 1 aromatic carbocycles. The van der Waals surface area contributed by atoms with Crippen LogP contribution in [0.4, 0.5) is 5.69 Å². The minimum atomic E-state index is 0.213. The SMILES string of the molecule is CCOc1cc2c(cc1NCc1nc(C3CCCC3)no1)O[C@H](C)C2. The van der Waals surface area contributed by atoms with E-state index in [1.165, 1.54) is 31.2 Å². The van der Waals surface area contributed by atoms with Crippen molar-refractivity contribution in [1.82, 2.24) is 10.1 Å². The molecule has 1 aromatic heterocycles. The van der Waals surface area contributed by atoms with Crippen LogP contribution in [0, 0.1) is 0 Å². The molecular weight excluding hydrogens is 318 g/mol. The van der Waals surface area contributed by atoms with Crippen molar-refractivity contribution >= 4 is 5.69 Å². The summed E-state index contributed by atoms with van der Waals surface area (Å²) in [5.41, 5.74) is 2.10. The third kappa shape index (κ3) is 3.43. The lowest BCUT2D eigenvalue weighted by atomic mass is 10.1. The Labute approximate surface area is 147 Å². The number of rotatable bonds is 6. The summed E-state index contributed by atoms with van der Waals surface area (Å²) >= 11 is 0. The predicted molar refractivity (Wildman–Crippen MR) is 94.2 cm³/mol. The van der Waals surface area contributed by atoms with Gasteiger partial charge in [-0.25, -0.2) is 0 Å². The largest absolute Gasteiger partial charge is 0.492 e. The van der Waals surface area contributed by atoms with Gasteiger partial charge in [-0.1, -0.05) is 18.0 Å². The summed E-state index contributed by atoms with van der Waals surface area (Å²) in [7, 11) is 0. The van der Waals surface area contributed by atoms with E-state index in [0.29, 0.717) is 25.0 Å². The highest BCUT2D eigenvalue weighted by atomic mass is 16.5. The molecule has 4 rings (SSSR count). The second kappa shape index (κ2) is 6.94. The molecule has 2 aromatic rings. The van der Waals surface area contributed by atoms with Crippen LogP contribution >= 0.6 is 0 Å². The fourth-order valence-corrected chi connectivity index (χ4v) is 3.71. The van der Waals surface area contributed by atoms with Crippen LogP contribution in [0.5, 0.6) is 11.5 Å². The van der Waals surface area contributed by atoms with Gasteiger partial charge in [0.05, 0.1) is 18.8 Å². The summed E-state index contributed by atoms with van der Waals surface area (Å²) < 4.78 is 17.1. The number of ether oxygens (including phenoxy) is 2. The molecule has 6 heteroatoms. The number of aromatic nitrogens is 2. The number of fused-ring (bicyclic) bond motifs is 1. The van der Waals surface area contributed by atoms with Crippen LogP contribution in [0.25, 0.3) is 0 Å². The van der Waals surface area contributed by atoms with E-state index in [4.69, 9.17) is 14.0 Å². The summed E-state index contributed by atoms with van der Waals surface area (Å²) in [6.07, 6.45) is 5.99. The van der Waals surface area contributed by atoms with E-state index in [1.54, 1.807) is 0 Å². The van der Waals surface area contributed by atoms with Gasteiger partial charge >= 0.3 is 0 Å². The zero-order chi connectivity index (χ0) is 17.2. The van der Waals surface area contributed by atoms with Gasteiger partial charge < -0.3 is 19.3 Å². The number of nitrogens with zero attached hydrogens (tertiary/aromatic N) is 2. The first-order valence-electron chi connectivity index (χ1n) is 9.25. The molecule has 0 bridgehead atoms. The molecule has 1 fully saturated rings. The Hall–Kier alpha value is -2.24. The maximum absolute atomic E-state index is 5.86. The molecule has 1 aliphatic heterocycles. The second-order valence-corrected chi connectivity index (χ2v) is 6.90. The first kappa shape index (κ1) is 16.2. The third-order valence-corrected chi connectivity index (χ3v) is 4.93. The lowest BCUT2D eigenvalue weighted by Crippen LogP contribution is -2.05. The van der Waals surface area contributed by atoms with Crippen molar-refractivity contribution in [3.05, 3.63) is 29.4 Å². The van der Waals surface area contributed by atoms with Crippen LogP contribution in [0.15, 0.2) is 16.7 Å². The predicted octanol–water partition coefficient (Wildman–Crippen LogP) is 4.06. The highest BCUT2D eigenvalue weighted by Crippen LogP contribution is 2.38. The van der Waals surface area contributed by atoms with Crippen molar-refractivity contribution in [2.24, 2.45) is 0 Å². The molecule has 0 spiro atoms. The second-order valence-electron chi connectivity index (χ2n) is 6.90. The van der Waals surface area contributed by atoms with E-state index in [0.717, 1.165) is 29.4 Å². The smallest absolute Gasteiger partial charge is 0.245 e. The van der Waals surface area contributed by atoms with Crippen LogP contribution in [-0.2, 0) is 13.0 Å². The summed E-state index contributed by atoms with van der Waals surface area (Å²) in [5, 5.41) is 7.52. The molecule has 0 amide bonds. The van der Waals surface area contributed by atoms with Crippen LogP contribution in [-0.4, -0.2) is 22.9 Å². The Morgan fingerprint density at radius 2 is 2.12 bits per heavy atom. The van der Waals surface area contributed by atoms with Gasteiger partial charge in [0.2, 0.25) is 5.89 Å². The summed E-state index contributed by atoms with van der Waals surface area (Å²) in [6, 6.07) is 4.08. The maximum Gasteiger partial charge on any atom is 0.245 e. The van der Waals surface area contributed by atoms with Crippen molar-refractivity contribution in [1.29, 1.82) is 0 Å². The molecular formula is C19H25N3O3. The highest BCUT2D eigenvalue weighted by molar-refractivity contribution is 5.63. The lowest BCUT2D eigenvalue weighted by molar-refractivity contribution is 0.254. The van der Waals surface area contributed by atoms with E-state index < -0.39 is 0 Å². The normalized spacial score (nSPS) is 19.7. The Bertz CT molecular complexity index is 738. The van der Waals surface area contributed by atoms with Gasteiger partial charge in [0.25, 0.3) is 0 Å². The van der Waals surface area contributed by atoms with Gasteiger partial charge in [-0.05, 0) is 32.8 Å². The average molecular weight is 343 g/mol. The van der Waals surface area contributed by atoms with Crippen LogP contribution in [0.2, 0.25) is 0 Å². The number of hydrogen-bond donors (Lipinski definition) is 1. The van der Waals surface area contributed by atoms with E-state index in [1.807, 2.05) is 13.0 Å². The number of benzene rings is 1. The standard InChI is InChI=1S/C19H25N3O3/c1-3-23-17-9-14-8-12(2)24-16(14)10-15(17)20-11-18-21-19(22-25-18)13-6-4-5-7-13/h9-10,12-13,20H,3-8,11H2,1-2H3/t12-/m1/s1. The highest BCUT2D eigenvalue weighted by Gasteiger charge is 2.24. The van der Waals surface area contributed by atoms with Crippen LogP contribution in [0.1, 0.15) is 62.7 Å². The summed E-state index contributed by atoms with van der Waals surface area (Å²) in [5.74, 6) is 3.70. The van der Waals surface area contributed by atoms with Crippen molar-refractivity contribution in [2.45, 2.75) is 64.5 Å². The van der Waals surface area contributed by atoms with Crippen molar-refractivity contribution in [2.75, 3.05) is 11.9 Å². The van der Waals surface area contributed by atoms with Crippen LogP contribution in [0.3, 0.4) is 0 Å². The Morgan fingerprint density at radius 1 is 1.28 bits per heavy atom. The van der Waals surface area contributed by atoms with Crippen molar-refractivity contribution < 1.29 is 14.0 Å². The number of anilines is 1. The van der Waals surface area contributed by atoms with Crippen molar-refractivity contribution in [3.8, 4) is 11.5 Å². The third-order valence-electron chi connectivity index (χ3n) is 4.93. The van der Waals surface area contributed by atoms with Gasteiger partial charge in [0.15, 0.2) is 5.82 Å². The zero-order valence-electron chi connectivity index (χ0n) is 14.9. The van der Waals surface area contributed by atoms with Gasteiger partial charge in [-0.15, -0.1) is 0 Å². The Balaban J connectivity index is 1.47. The quantitative estimate of drug-likeness (QED) is 0.853. The Kier molecular flexibility index (Phi) is 4.51. The van der Waals surface area contributed by atoms with Gasteiger partial charge in [-0.2, -0.15) is 4.98 Å². The molecule has 1 aliphatic carbocycles. The molecule has 25 heavy (non-hydrogen) atoms. The topological polar surface area (TPSA) is 69.4 Å². The summed E-state index contributed by atoms with van der Waals surface area (Å²) in [4.78, 5) is 4.56. The van der Waals surface area contributed by atoms with E-state index in [9.17, 15) is 0 Å². The summed E-state index contributed by atoms with van der Waals surface area (Å²) in [6.45, 7) is 5.17. The molecule has 0 saturated heterocycles. The fourth-order valence-electron chi connectivity index (χ4n) is 3.71. The fraction of sp³-hybridized carbons (Fsp3) is 0.579. The van der Waals surface area contributed by atoms with E-state index >= 15 is 0 Å². The van der Waals surface area contributed by atoms with E-state index in [-0.39, 0.29) is 6.10 Å². The van der Waals surface area contributed by atoms with Crippen LogP contribution < -0.4 is 14.8 Å². The minimum absolute atomic E-state index is 0.213. The number of hydrogen-bond acceptors (Lipinski definition) is 6. The average Bonchev–Trinajstić information content (AvgIpc) is 3.32. The molecule has 1 atom stereocenters. The molecule has 1 saturated carbocycles. The zero-order valence-corrected chi connectivity index (χ0v) is 14.9.